The number of nitrogens with one attached hydrogen (secondary N) is 2. The number of nitrogens with zero attached hydrogens (tertiary/aromatic N) is 1. The molecule has 1 saturated heterocycles. The number of halogens is 1. The van der Waals surface area contributed by atoms with Crippen LogP contribution < -0.4 is 10.6 Å². The molecule has 0 bridgehead atoms. The second kappa shape index (κ2) is 6.57. The molecule has 1 aromatic carbocycles. The molecule has 1 aromatic rings. The number of anilines is 1. The first-order chi connectivity index (χ1) is 10.6. The average molecular weight is 322 g/mol. The van der Waals surface area contributed by atoms with Gasteiger partial charge in [-0.05, 0) is 43.9 Å². The van der Waals surface area contributed by atoms with Gasteiger partial charge < -0.3 is 15.5 Å². The fourth-order valence-electron chi connectivity index (χ4n) is 2.66. The van der Waals surface area contributed by atoms with Crippen molar-refractivity contribution in [1.29, 1.82) is 0 Å². The van der Waals surface area contributed by atoms with E-state index in [0.717, 1.165) is 25.7 Å². The maximum absolute atomic E-state index is 12.2. The van der Waals surface area contributed by atoms with Gasteiger partial charge in [-0.15, -0.1) is 0 Å². The Labute approximate surface area is 135 Å². The van der Waals surface area contributed by atoms with Crippen LogP contribution in [0.3, 0.4) is 0 Å². The molecule has 1 aliphatic carbocycles. The van der Waals surface area contributed by atoms with Crippen LogP contribution in [0.25, 0.3) is 0 Å². The number of piperidine rings is 1. The van der Waals surface area contributed by atoms with Crippen LogP contribution in [0.5, 0.6) is 0 Å². The van der Waals surface area contributed by atoms with Gasteiger partial charge in [0.05, 0.1) is 0 Å². The van der Waals surface area contributed by atoms with Crippen LogP contribution in [-0.2, 0) is 4.79 Å². The van der Waals surface area contributed by atoms with Crippen molar-refractivity contribution in [3.63, 3.8) is 0 Å². The molecule has 6 heteroatoms. The highest BCUT2D eigenvalue weighted by atomic mass is 35.5. The maximum Gasteiger partial charge on any atom is 0.321 e. The van der Waals surface area contributed by atoms with Crippen molar-refractivity contribution < 1.29 is 9.59 Å². The normalized spacial score (nSPS) is 18.9. The summed E-state index contributed by atoms with van der Waals surface area (Å²) < 4.78 is 0. The predicted molar refractivity (Wildman–Crippen MR) is 85.9 cm³/mol. The second-order valence-electron chi connectivity index (χ2n) is 5.98. The Balaban J connectivity index is 1.46. The summed E-state index contributed by atoms with van der Waals surface area (Å²) in [4.78, 5) is 25.7. The number of hydrogen-bond acceptors (Lipinski definition) is 2. The molecule has 2 aliphatic rings. The van der Waals surface area contributed by atoms with Gasteiger partial charge in [-0.3, -0.25) is 4.79 Å². The van der Waals surface area contributed by atoms with Gasteiger partial charge in [-0.25, -0.2) is 4.79 Å². The lowest BCUT2D eigenvalue weighted by Crippen LogP contribution is -2.48. The summed E-state index contributed by atoms with van der Waals surface area (Å²) in [5.41, 5.74) is 0.696. The van der Waals surface area contributed by atoms with E-state index in [1.165, 1.54) is 0 Å². The molecule has 1 heterocycles. The van der Waals surface area contributed by atoms with E-state index in [1.807, 2.05) is 6.07 Å². The molecule has 2 fully saturated rings. The van der Waals surface area contributed by atoms with Crippen LogP contribution in [0.2, 0.25) is 5.02 Å². The van der Waals surface area contributed by atoms with E-state index in [0.29, 0.717) is 23.8 Å². The van der Waals surface area contributed by atoms with E-state index in [9.17, 15) is 9.59 Å². The molecule has 2 N–H and O–H groups in total. The lowest BCUT2D eigenvalue weighted by atomic mass is 10.1. The molecule has 0 unspecified atom stereocenters. The Bertz CT molecular complexity index is 566. The number of likely N-dealkylation sites (tertiary alicyclic amines) is 1. The summed E-state index contributed by atoms with van der Waals surface area (Å²) in [7, 11) is 0. The maximum atomic E-state index is 12.2. The molecule has 22 heavy (non-hydrogen) atoms. The van der Waals surface area contributed by atoms with Crippen LogP contribution in [-0.4, -0.2) is 36.0 Å². The highest BCUT2D eigenvalue weighted by Crippen LogP contribution is 2.29. The molecule has 0 spiro atoms. The molecular formula is C16H20ClN3O2. The van der Waals surface area contributed by atoms with E-state index >= 15 is 0 Å². The quantitative estimate of drug-likeness (QED) is 0.899. The topological polar surface area (TPSA) is 61.4 Å². The Morgan fingerprint density at radius 2 is 1.86 bits per heavy atom. The zero-order chi connectivity index (χ0) is 15.5. The third-order valence-corrected chi connectivity index (χ3v) is 4.39. The molecular weight excluding hydrogens is 302 g/mol. The van der Waals surface area contributed by atoms with Crippen molar-refractivity contribution in [2.45, 2.75) is 31.7 Å². The first-order valence-corrected chi connectivity index (χ1v) is 8.11. The lowest BCUT2D eigenvalue weighted by Gasteiger charge is -2.32. The van der Waals surface area contributed by atoms with E-state index in [2.05, 4.69) is 10.6 Å². The highest BCUT2D eigenvalue weighted by Gasteiger charge is 2.32. The van der Waals surface area contributed by atoms with E-state index in [1.54, 1.807) is 23.1 Å². The Kier molecular flexibility index (Phi) is 4.52. The molecule has 0 atom stereocenters. The number of amides is 3. The molecule has 118 valence electrons. The Morgan fingerprint density at radius 3 is 2.50 bits per heavy atom. The van der Waals surface area contributed by atoms with Gasteiger partial charge in [-0.2, -0.15) is 0 Å². The molecule has 0 radical (unpaired) electrons. The predicted octanol–water partition coefficient (Wildman–Crippen LogP) is 2.86. The van der Waals surface area contributed by atoms with Gasteiger partial charge in [-0.1, -0.05) is 17.7 Å². The van der Waals surface area contributed by atoms with E-state index in [4.69, 9.17) is 11.6 Å². The van der Waals surface area contributed by atoms with Crippen LogP contribution in [0.15, 0.2) is 24.3 Å². The molecule has 1 aliphatic heterocycles. The fraction of sp³-hybridized carbons (Fsp3) is 0.500. The minimum Gasteiger partial charge on any atom is -0.353 e. The third-order valence-electron chi connectivity index (χ3n) is 4.15. The largest absolute Gasteiger partial charge is 0.353 e. The van der Waals surface area contributed by atoms with Crippen LogP contribution in [0, 0.1) is 5.92 Å². The Hall–Kier alpha value is -1.75. The monoisotopic (exact) mass is 321 g/mol. The summed E-state index contributed by atoms with van der Waals surface area (Å²) in [6, 6.07) is 7.19. The van der Waals surface area contributed by atoms with Gasteiger partial charge in [0.25, 0.3) is 0 Å². The van der Waals surface area contributed by atoms with Gasteiger partial charge in [0.2, 0.25) is 5.91 Å². The van der Waals surface area contributed by atoms with Gasteiger partial charge >= 0.3 is 6.03 Å². The smallest absolute Gasteiger partial charge is 0.321 e. The summed E-state index contributed by atoms with van der Waals surface area (Å²) in [6.45, 7) is 1.31. The summed E-state index contributed by atoms with van der Waals surface area (Å²) >= 11 is 5.91. The number of hydrogen-bond donors (Lipinski definition) is 2. The number of carbonyl (C=O) groups excluding carboxylic acids is 2. The highest BCUT2D eigenvalue weighted by molar-refractivity contribution is 6.30. The third kappa shape index (κ3) is 3.91. The second-order valence-corrected chi connectivity index (χ2v) is 6.42. The van der Waals surface area contributed by atoms with Crippen molar-refractivity contribution in [3.05, 3.63) is 29.3 Å². The minimum atomic E-state index is -0.116. The van der Waals surface area contributed by atoms with Crippen molar-refractivity contribution in [3.8, 4) is 0 Å². The van der Waals surface area contributed by atoms with Crippen LogP contribution in [0.1, 0.15) is 25.7 Å². The van der Waals surface area contributed by atoms with Crippen LogP contribution >= 0.6 is 11.6 Å². The SMILES string of the molecule is O=C(NC1CCN(C(=O)Nc2cccc(Cl)c2)CC1)C1CC1. The number of carbonyl (C=O) groups is 2. The lowest BCUT2D eigenvalue weighted by molar-refractivity contribution is -0.123. The van der Waals surface area contributed by atoms with Crippen molar-refractivity contribution in [2.75, 3.05) is 18.4 Å². The average Bonchev–Trinajstić information content (AvgIpc) is 3.32. The number of urea groups is 1. The van der Waals surface area contributed by atoms with Crippen molar-refractivity contribution in [1.82, 2.24) is 10.2 Å². The zero-order valence-corrected chi connectivity index (χ0v) is 13.1. The van der Waals surface area contributed by atoms with Gasteiger partial charge in [0, 0.05) is 35.8 Å². The molecule has 0 aromatic heterocycles. The minimum absolute atomic E-state index is 0.116. The zero-order valence-electron chi connectivity index (χ0n) is 12.3. The van der Waals surface area contributed by atoms with Gasteiger partial charge in [0.15, 0.2) is 0 Å². The van der Waals surface area contributed by atoms with Gasteiger partial charge in [0.1, 0.15) is 0 Å². The summed E-state index contributed by atoms with van der Waals surface area (Å²) in [6.07, 6.45) is 3.66. The summed E-state index contributed by atoms with van der Waals surface area (Å²) in [5.74, 6) is 0.422. The van der Waals surface area contributed by atoms with Crippen molar-refractivity contribution in [2.24, 2.45) is 5.92 Å². The van der Waals surface area contributed by atoms with Crippen LogP contribution in [0.4, 0.5) is 10.5 Å². The number of benzene rings is 1. The fourth-order valence-corrected chi connectivity index (χ4v) is 2.85. The van der Waals surface area contributed by atoms with E-state index in [-0.39, 0.29) is 23.9 Å². The molecule has 1 saturated carbocycles. The molecule has 5 nitrogen and oxygen atoms in total. The summed E-state index contributed by atoms with van der Waals surface area (Å²) in [5, 5.41) is 6.53. The first-order valence-electron chi connectivity index (χ1n) is 7.74. The standard InChI is InChI=1S/C16H20ClN3O2/c17-12-2-1-3-14(10-12)19-16(22)20-8-6-13(7-9-20)18-15(21)11-4-5-11/h1-3,10-11,13H,4-9H2,(H,18,21)(H,19,22). The van der Waals surface area contributed by atoms with Crippen molar-refractivity contribution >= 4 is 29.2 Å². The number of rotatable bonds is 3. The van der Waals surface area contributed by atoms with E-state index < -0.39 is 0 Å². The molecule has 3 rings (SSSR count). The Morgan fingerprint density at radius 1 is 1.14 bits per heavy atom. The first kappa shape index (κ1) is 15.2. The molecule has 3 amide bonds.